The maximum absolute atomic E-state index is 2.56. The quantitative estimate of drug-likeness (QED) is 0.178. The van der Waals surface area contributed by atoms with Crippen molar-refractivity contribution in [3.63, 3.8) is 0 Å². The van der Waals surface area contributed by atoms with Gasteiger partial charge in [0.1, 0.15) is 0 Å². The van der Waals surface area contributed by atoms with Crippen molar-refractivity contribution in [1.82, 2.24) is 0 Å². The van der Waals surface area contributed by atoms with E-state index in [0.29, 0.717) is 0 Å². The lowest BCUT2D eigenvalue weighted by Gasteiger charge is -2.61. The first-order chi connectivity index (χ1) is 25.3. The highest BCUT2D eigenvalue weighted by atomic mass is 15.1. The van der Waals surface area contributed by atoms with Crippen molar-refractivity contribution in [3.05, 3.63) is 175 Å². The zero-order valence-corrected chi connectivity index (χ0v) is 28.9. The van der Waals surface area contributed by atoms with E-state index < -0.39 is 0 Å². The van der Waals surface area contributed by atoms with Crippen LogP contribution in [0.5, 0.6) is 0 Å². The molecule has 0 atom stereocenters. The van der Waals surface area contributed by atoms with Gasteiger partial charge in [-0.1, -0.05) is 133 Å². The Morgan fingerprint density at radius 3 is 1.84 bits per heavy atom. The molecule has 1 nitrogen and oxygen atoms in total. The number of hydrogen-bond acceptors (Lipinski definition) is 1. The van der Waals surface area contributed by atoms with Crippen molar-refractivity contribution >= 4 is 27.8 Å². The van der Waals surface area contributed by atoms with Crippen LogP contribution in [0.2, 0.25) is 0 Å². The Hall–Kier alpha value is -5.40. The van der Waals surface area contributed by atoms with Gasteiger partial charge in [0.25, 0.3) is 0 Å². The summed E-state index contributed by atoms with van der Waals surface area (Å²) in [6.07, 6.45) is 7.08. The molecule has 0 N–H and O–H groups in total. The SMILES string of the molecule is c1ccc(-c2ccc(N(c3ccc4c(c3)-c3ccccc3C43C4CC5CC(C4)CC3C5)c3cccc4ccccc34)c(-c3ccccc3)c2)cc1. The minimum Gasteiger partial charge on any atom is -0.309 e. The van der Waals surface area contributed by atoms with E-state index >= 15 is 0 Å². The second-order valence-corrected chi connectivity index (χ2v) is 15.7. The summed E-state index contributed by atoms with van der Waals surface area (Å²) in [6, 6.07) is 61.5. The van der Waals surface area contributed by atoms with Crippen LogP contribution in [0.4, 0.5) is 17.1 Å². The van der Waals surface area contributed by atoms with Crippen LogP contribution in [0.15, 0.2) is 164 Å². The van der Waals surface area contributed by atoms with E-state index in [9.17, 15) is 0 Å². The summed E-state index contributed by atoms with van der Waals surface area (Å²) < 4.78 is 0. The Morgan fingerprint density at radius 1 is 0.412 bits per heavy atom. The van der Waals surface area contributed by atoms with Gasteiger partial charge in [-0.05, 0) is 130 Å². The van der Waals surface area contributed by atoms with Crippen LogP contribution in [0.3, 0.4) is 0 Å². The van der Waals surface area contributed by atoms with Crippen molar-refractivity contribution in [3.8, 4) is 33.4 Å². The van der Waals surface area contributed by atoms with Gasteiger partial charge in [0.15, 0.2) is 0 Å². The monoisotopic (exact) mass is 655 g/mol. The molecule has 1 heteroatoms. The van der Waals surface area contributed by atoms with Gasteiger partial charge in [0, 0.05) is 22.1 Å². The van der Waals surface area contributed by atoms with Crippen LogP contribution < -0.4 is 4.90 Å². The molecule has 0 heterocycles. The zero-order valence-electron chi connectivity index (χ0n) is 28.9. The molecular formula is C50H41N. The molecule has 0 unspecified atom stereocenters. The molecule has 5 aliphatic carbocycles. The van der Waals surface area contributed by atoms with Gasteiger partial charge >= 0.3 is 0 Å². The lowest BCUT2D eigenvalue weighted by atomic mass is 9.43. The molecule has 4 bridgehead atoms. The fraction of sp³-hybridized carbons (Fsp3) is 0.200. The lowest BCUT2D eigenvalue weighted by molar-refractivity contribution is -0.0399. The van der Waals surface area contributed by atoms with Crippen LogP contribution in [0, 0.1) is 23.7 Å². The van der Waals surface area contributed by atoms with Gasteiger partial charge in [-0.25, -0.2) is 0 Å². The van der Waals surface area contributed by atoms with E-state index in [0.717, 1.165) is 23.7 Å². The van der Waals surface area contributed by atoms with Crippen molar-refractivity contribution in [2.45, 2.75) is 37.5 Å². The number of hydrogen-bond donors (Lipinski definition) is 0. The molecule has 51 heavy (non-hydrogen) atoms. The van der Waals surface area contributed by atoms with Gasteiger partial charge in [-0.2, -0.15) is 0 Å². The van der Waals surface area contributed by atoms with Crippen LogP contribution in [0.1, 0.15) is 43.2 Å². The average Bonchev–Trinajstić information content (AvgIpc) is 3.48. The fourth-order valence-corrected chi connectivity index (χ4v) is 11.5. The second-order valence-electron chi connectivity index (χ2n) is 15.7. The summed E-state index contributed by atoms with van der Waals surface area (Å²) in [4.78, 5) is 2.55. The van der Waals surface area contributed by atoms with E-state index in [-0.39, 0.29) is 5.41 Å². The predicted octanol–water partition coefficient (Wildman–Crippen LogP) is 13.4. The maximum Gasteiger partial charge on any atom is 0.0540 e. The number of fused-ring (bicyclic) bond motifs is 4. The van der Waals surface area contributed by atoms with Gasteiger partial charge in [0.2, 0.25) is 0 Å². The third kappa shape index (κ3) is 4.34. The van der Waals surface area contributed by atoms with Crippen molar-refractivity contribution in [2.75, 3.05) is 4.90 Å². The number of rotatable bonds is 5. The Kier molecular flexibility index (Phi) is 6.50. The molecule has 7 aromatic rings. The molecule has 12 rings (SSSR count). The van der Waals surface area contributed by atoms with Crippen LogP contribution in [-0.4, -0.2) is 0 Å². The van der Waals surface area contributed by atoms with E-state index in [2.05, 4.69) is 169 Å². The third-order valence-electron chi connectivity index (χ3n) is 13.2. The highest BCUT2D eigenvalue weighted by Crippen LogP contribution is 2.69. The Balaban J connectivity index is 1.16. The Bertz CT molecular complexity index is 2410. The van der Waals surface area contributed by atoms with Crippen LogP contribution in [-0.2, 0) is 5.41 Å². The highest BCUT2D eigenvalue weighted by molar-refractivity contribution is 6.02. The summed E-state index contributed by atoms with van der Waals surface area (Å²) in [7, 11) is 0. The molecule has 0 amide bonds. The molecule has 0 aromatic heterocycles. The minimum absolute atomic E-state index is 0.161. The molecular weight excluding hydrogens is 615 g/mol. The number of nitrogens with zero attached hydrogens (tertiary/aromatic N) is 1. The molecule has 0 aliphatic heterocycles. The largest absolute Gasteiger partial charge is 0.309 e. The van der Waals surface area contributed by atoms with Gasteiger partial charge in [-0.15, -0.1) is 0 Å². The van der Waals surface area contributed by atoms with Crippen molar-refractivity contribution in [1.29, 1.82) is 0 Å². The maximum atomic E-state index is 2.56. The van der Waals surface area contributed by atoms with Crippen LogP contribution >= 0.6 is 0 Å². The first-order valence-electron chi connectivity index (χ1n) is 19.0. The third-order valence-corrected chi connectivity index (χ3v) is 13.2. The Labute approximate surface area is 301 Å². The molecule has 4 fully saturated rings. The van der Waals surface area contributed by atoms with E-state index in [1.807, 2.05) is 0 Å². The first kappa shape index (κ1) is 29.3. The normalized spacial score (nSPS) is 23.8. The first-order valence-corrected chi connectivity index (χ1v) is 19.0. The summed E-state index contributed by atoms with van der Waals surface area (Å²) in [5.41, 5.74) is 14.8. The molecule has 7 aromatic carbocycles. The van der Waals surface area contributed by atoms with Crippen molar-refractivity contribution < 1.29 is 0 Å². The summed E-state index contributed by atoms with van der Waals surface area (Å²) in [6.45, 7) is 0. The molecule has 0 radical (unpaired) electrons. The smallest absolute Gasteiger partial charge is 0.0540 e. The van der Waals surface area contributed by atoms with E-state index in [1.54, 1.807) is 11.1 Å². The summed E-state index contributed by atoms with van der Waals surface area (Å²) in [5.74, 6) is 3.38. The zero-order chi connectivity index (χ0) is 33.5. The molecule has 246 valence electrons. The summed E-state index contributed by atoms with van der Waals surface area (Å²) in [5, 5.41) is 2.51. The predicted molar refractivity (Wildman–Crippen MR) is 213 cm³/mol. The molecule has 0 saturated heterocycles. The number of benzene rings is 7. The number of anilines is 3. The van der Waals surface area contributed by atoms with Gasteiger partial charge in [-0.3, -0.25) is 0 Å². The van der Waals surface area contributed by atoms with Gasteiger partial charge in [0.05, 0.1) is 11.4 Å². The van der Waals surface area contributed by atoms with Gasteiger partial charge < -0.3 is 4.90 Å². The molecule has 1 spiro atoms. The molecule has 5 aliphatic rings. The second kappa shape index (κ2) is 11.3. The summed E-state index contributed by atoms with van der Waals surface area (Å²) >= 11 is 0. The highest BCUT2D eigenvalue weighted by Gasteiger charge is 2.61. The average molecular weight is 656 g/mol. The Morgan fingerprint density at radius 2 is 1.06 bits per heavy atom. The van der Waals surface area contributed by atoms with Crippen molar-refractivity contribution in [2.24, 2.45) is 23.7 Å². The van der Waals surface area contributed by atoms with E-state index in [4.69, 9.17) is 0 Å². The fourth-order valence-electron chi connectivity index (χ4n) is 11.5. The van der Waals surface area contributed by atoms with E-state index in [1.165, 1.54) is 93.3 Å². The molecule has 4 saturated carbocycles. The standard InChI is InChI=1S/C50H41N/c1-3-12-35(13-4-1)38-22-25-49(44(31-38)37-14-5-2-6-15-37)51(48-21-11-17-36-16-7-8-18-42(36)48)41-23-24-47-45(32-41)43-19-9-10-20-46(43)50(47)39-27-33-26-34(29-39)30-40(50)28-33/h1-25,31-34,39-40H,26-30H2. The topological polar surface area (TPSA) is 3.24 Å². The minimum atomic E-state index is 0.161. The van der Waals surface area contributed by atoms with Crippen LogP contribution in [0.25, 0.3) is 44.2 Å². The lowest BCUT2D eigenvalue weighted by Crippen LogP contribution is -2.55.